The highest BCUT2D eigenvalue weighted by Gasteiger charge is 2.61. The van der Waals surface area contributed by atoms with Crippen LogP contribution < -0.4 is 26.0 Å². The number of ether oxygens (including phenoxy) is 1. The van der Waals surface area contributed by atoms with Gasteiger partial charge in [-0.25, -0.2) is 4.98 Å². The van der Waals surface area contributed by atoms with E-state index in [-0.39, 0.29) is 47.9 Å². The second-order valence-electron chi connectivity index (χ2n) is 14.7. The Kier molecular flexibility index (Phi) is 8.44. The zero-order chi connectivity index (χ0) is 38.1. The molecule has 3 aromatic carbocycles. The van der Waals surface area contributed by atoms with Gasteiger partial charge in [0, 0.05) is 34.8 Å². The fourth-order valence-corrected chi connectivity index (χ4v) is 7.73. The molecule has 7 N–H and O–H groups in total. The van der Waals surface area contributed by atoms with Gasteiger partial charge >= 0.3 is 0 Å². The molecule has 5 heterocycles. The molecule has 5 atom stereocenters. The number of oxazole rings is 1. The van der Waals surface area contributed by atoms with Crippen LogP contribution in [-0.4, -0.2) is 68.6 Å². The zero-order valence-corrected chi connectivity index (χ0v) is 30.0. The normalized spacial score (nSPS) is 21.6. The summed E-state index contributed by atoms with van der Waals surface area (Å²) in [7, 11) is 0. The summed E-state index contributed by atoms with van der Waals surface area (Å²) in [4.78, 5) is 62.7. The van der Waals surface area contributed by atoms with Crippen molar-refractivity contribution in [2.45, 2.75) is 63.9 Å². The second kappa shape index (κ2) is 13.1. The number of hydrogen-bond acceptors (Lipinski definition) is 10. The molecule has 4 bridgehead atoms. The number of anilines is 1. The van der Waals surface area contributed by atoms with E-state index in [1.165, 1.54) is 12.3 Å². The van der Waals surface area contributed by atoms with Crippen LogP contribution >= 0.6 is 0 Å². The number of phenols is 1. The number of H-pyrrole nitrogens is 1. The average molecular weight is 733 g/mol. The van der Waals surface area contributed by atoms with Crippen LogP contribution in [0.25, 0.3) is 10.9 Å². The summed E-state index contributed by atoms with van der Waals surface area (Å²) in [6.45, 7) is 6.75. The maximum atomic E-state index is 14.4. The molecule has 2 aromatic heterocycles. The summed E-state index contributed by atoms with van der Waals surface area (Å²) in [6.07, 6.45) is -0.516. The number of fused-ring (bicyclic) bond motifs is 5. The lowest BCUT2D eigenvalue weighted by molar-refractivity contribution is -0.135. The lowest BCUT2D eigenvalue weighted by Crippen LogP contribution is -2.52. The summed E-state index contributed by atoms with van der Waals surface area (Å²) in [5.41, 5.74) is 2.23. The van der Waals surface area contributed by atoms with E-state index in [0.717, 1.165) is 11.3 Å². The van der Waals surface area contributed by atoms with E-state index in [2.05, 4.69) is 26.3 Å². The van der Waals surface area contributed by atoms with Crippen LogP contribution in [0, 0.1) is 11.8 Å². The first kappa shape index (κ1) is 34.9. The molecule has 0 aliphatic carbocycles. The van der Waals surface area contributed by atoms with Crippen LogP contribution in [0.15, 0.2) is 71.3 Å². The van der Waals surface area contributed by atoms with Crippen LogP contribution in [-0.2, 0) is 21.4 Å². The molecule has 5 aromatic rings. The summed E-state index contributed by atoms with van der Waals surface area (Å²) < 4.78 is 13.3. The van der Waals surface area contributed by atoms with Crippen molar-refractivity contribution in [1.29, 1.82) is 0 Å². The maximum absolute atomic E-state index is 14.4. The minimum atomic E-state index is -1.33. The zero-order valence-electron chi connectivity index (χ0n) is 30.0. The molecule has 54 heavy (non-hydrogen) atoms. The molecule has 0 saturated carbocycles. The Labute approximate surface area is 309 Å². The minimum absolute atomic E-state index is 0.00514. The fourth-order valence-electron chi connectivity index (χ4n) is 7.73. The Morgan fingerprint density at radius 1 is 1.02 bits per heavy atom. The lowest BCUT2D eigenvalue weighted by atomic mass is 9.72. The molecule has 0 radical (unpaired) electrons. The van der Waals surface area contributed by atoms with E-state index < -0.39 is 53.3 Å². The van der Waals surface area contributed by atoms with Gasteiger partial charge in [0.25, 0.3) is 5.91 Å². The van der Waals surface area contributed by atoms with E-state index in [9.17, 15) is 29.4 Å². The Morgan fingerprint density at radius 3 is 2.59 bits per heavy atom. The predicted molar refractivity (Wildman–Crippen MR) is 196 cm³/mol. The summed E-state index contributed by atoms with van der Waals surface area (Å²) in [6, 6.07) is 16.0. The molecular formula is C40H40N6O8. The minimum Gasteiger partial charge on any atom is -0.506 e. The van der Waals surface area contributed by atoms with Crippen molar-refractivity contribution in [2.24, 2.45) is 11.8 Å². The number of ketones is 1. The highest BCUT2D eigenvalue weighted by atomic mass is 16.5. The number of aliphatic hydroxyl groups excluding tert-OH is 1. The first-order valence-corrected chi connectivity index (χ1v) is 17.9. The summed E-state index contributed by atoms with van der Waals surface area (Å²) in [5, 5.41) is 33.2. The number of rotatable bonds is 8. The topological polar surface area (TPSA) is 208 Å². The Bertz CT molecular complexity index is 2350. The maximum Gasteiger partial charge on any atom is 0.273 e. The van der Waals surface area contributed by atoms with Gasteiger partial charge in [-0.2, -0.15) is 0 Å². The molecule has 3 aliphatic heterocycles. The number of para-hydroxylation sites is 2. The van der Waals surface area contributed by atoms with Crippen molar-refractivity contribution in [1.82, 2.24) is 25.9 Å². The van der Waals surface area contributed by atoms with Crippen molar-refractivity contribution >= 4 is 40.1 Å². The number of carbonyl (C=O) groups excluding carboxylic acids is 4. The molecule has 3 aliphatic rings. The third-order valence-electron chi connectivity index (χ3n) is 10.6. The van der Waals surface area contributed by atoms with Gasteiger partial charge in [-0.15, -0.1) is 0 Å². The number of phenolic OH excluding ortho intramolecular Hbond substituents is 1. The number of nitrogens with one attached hydrogen (secondary N) is 5. The van der Waals surface area contributed by atoms with Crippen LogP contribution in [0.4, 0.5) is 5.69 Å². The smallest absolute Gasteiger partial charge is 0.273 e. The van der Waals surface area contributed by atoms with E-state index >= 15 is 0 Å². The number of aromatic amines is 1. The largest absolute Gasteiger partial charge is 0.506 e. The number of benzene rings is 3. The van der Waals surface area contributed by atoms with E-state index in [0.29, 0.717) is 33.3 Å². The molecular weight excluding hydrogens is 692 g/mol. The highest BCUT2D eigenvalue weighted by Crippen LogP contribution is 2.58. The van der Waals surface area contributed by atoms with E-state index in [1.54, 1.807) is 32.0 Å². The lowest BCUT2D eigenvalue weighted by Gasteiger charge is -2.29. The molecule has 0 saturated heterocycles. The van der Waals surface area contributed by atoms with Gasteiger partial charge in [0.15, 0.2) is 23.5 Å². The van der Waals surface area contributed by atoms with Crippen LogP contribution in [0.3, 0.4) is 0 Å². The van der Waals surface area contributed by atoms with Gasteiger partial charge in [-0.1, -0.05) is 70.2 Å². The number of amides is 3. The Morgan fingerprint density at radius 2 is 1.81 bits per heavy atom. The molecule has 1 spiro atoms. The molecule has 3 amide bonds. The molecule has 278 valence electrons. The van der Waals surface area contributed by atoms with Gasteiger partial charge in [0.2, 0.25) is 17.7 Å². The van der Waals surface area contributed by atoms with Gasteiger partial charge in [-0.05, 0) is 41.2 Å². The second-order valence-corrected chi connectivity index (χ2v) is 14.7. The van der Waals surface area contributed by atoms with E-state index in [1.807, 2.05) is 50.2 Å². The summed E-state index contributed by atoms with van der Waals surface area (Å²) in [5.74, 6) is -2.24. The summed E-state index contributed by atoms with van der Waals surface area (Å²) >= 11 is 0. The van der Waals surface area contributed by atoms with Crippen molar-refractivity contribution in [3.8, 4) is 11.5 Å². The first-order valence-electron chi connectivity index (χ1n) is 17.9. The van der Waals surface area contributed by atoms with Crippen molar-refractivity contribution in [2.75, 3.05) is 11.9 Å². The molecule has 2 unspecified atom stereocenters. The molecule has 14 nitrogen and oxygen atoms in total. The van der Waals surface area contributed by atoms with Gasteiger partial charge in [0.05, 0.1) is 12.1 Å². The molecule has 0 fully saturated rings. The van der Waals surface area contributed by atoms with Gasteiger partial charge in [0.1, 0.15) is 35.1 Å². The van der Waals surface area contributed by atoms with Crippen LogP contribution in [0.1, 0.15) is 82.9 Å². The van der Waals surface area contributed by atoms with Crippen LogP contribution in [0.2, 0.25) is 0 Å². The quantitative estimate of drug-likeness (QED) is 0.115. The number of aromatic nitrogens is 2. The van der Waals surface area contributed by atoms with Gasteiger partial charge in [-0.3, -0.25) is 19.2 Å². The standard InChI is InChI=1S/C40H40N6O8/c1-18(2)30-38-46-32(36(51)42-17-28(48)22-16-41-31-21(22)8-7-11-27(31)47)34(54-38)40-23-9-5-6-10-25(23)44-39(40)53-29-13-12-20(14-24(29)40)15-26(35(50)45-30)43-37(52)33(49)19(3)4/h5-14,16,18-19,26,30,33,39,41,44,47,49H,15,17H2,1-4H3,(H,42,51)(H,43,52)(H,45,50)/t26-,30-,33-,39?,40?/m0/s1. The Hall–Kier alpha value is -6.15. The number of Topliss-reactive ketones (excluding diaryl/α,β-unsaturated/α-hetero) is 1. The number of aromatic hydroxyl groups is 1. The highest BCUT2D eigenvalue weighted by molar-refractivity contribution is 6.11. The van der Waals surface area contributed by atoms with Crippen LogP contribution in [0.5, 0.6) is 11.5 Å². The SMILES string of the molecule is CC(C)[C@H](O)C(=O)N[C@H]1Cc2ccc3c(c2)C2(c4ccccc4NC2O3)c2oc(nc2C(=O)NCC(=O)c2c[nH]c3c(O)cccc23)[C@H](C(C)C)NC1=O. The van der Waals surface area contributed by atoms with E-state index in [4.69, 9.17) is 14.1 Å². The van der Waals surface area contributed by atoms with Gasteiger partial charge < -0.3 is 45.6 Å². The monoisotopic (exact) mass is 732 g/mol. The number of hydrogen-bond donors (Lipinski definition) is 7. The third kappa shape index (κ3) is 5.47. The number of carbonyl (C=O) groups is 4. The van der Waals surface area contributed by atoms with Crippen molar-refractivity contribution < 1.29 is 38.5 Å². The predicted octanol–water partition coefficient (Wildman–Crippen LogP) is 3.82. The Balaban J connectivity index is 1.25. The number of aliphatic hydroxyl groups is 1. The number of nitrogens with zero attached hydrogens (tertiary/aromatic N) is 1. The third-order valence-corrected chi connectivity index (χ3v) is 10.6. The molecule has 8 rings (SSSR count). The molecule has 14 heteroatoms. The fraction of sp³-hybridized carbons (Fsp3) is 0.325. The first-order chi connectivity index (χ1) is 25.9. The van der Waals surface area contributed by atoms with Crippen molar-refractivity contribution in [3.05, 3.63) is 106 Å². The van der Waals surface area contributed by atoms with Crippen molar-refractivity contribution in [3.63, 3.8) is 0 Å². The average Bonchev–Trinajstić information content (AvgIpc) is 3.92.